The maximum Gasteiger partial charge on any atom is 0.337 e. The van der Waals surface area contributed by atoms with Gasteiger partial charge in [-0.3, -0.25) is 4.79 Å². The molecule has 1 aromatic heterocycles. The van der Waals surface area contributed by atoms with Crippen LogP contribution in [0.3, 0.4) is 0 Å². The van der Waals surface area contributed by atoms with Crippen LogP contribution in [0.4, 0.5) is 5.82 Å². The van der Waals surface area contributed by atoms with E-state index in [9.17, 15) is 14.7 Å². The highest BCUT2D eigenvalue weighted by atomic mass is 16.4. The minimum atomic E-state index is -1.02. The average molecular weight is 287 g/mol. The maximum atomic E-state index is 11.8. The Labute approximate surface area is 122 Å². The average Bonchev–Trinajstić information content (AvgIpc) is 2.51. The van der Waals surface area contributed by atoms with E-state index in [-0.39, 0.29) is 18.0 Å². The molecule has 0 saturated carbocycles. The number of nitrogens with one attached hydrogen (secondary N) is 1. The number of hydrogen-bond donors (Lipinski definition) is 2. The molecule has 6 heteroatoms. The highest BCUT2D eigenvalue weighted by Gasteiger charge is 2.13. The number of aromatic carboxylic acids is 1. The van der Waals surface area contributed by atoms with Crippen LogP contribution >= 0.6 is 0 Å². The Kier molecular flexibility index (Phi) is 4.37. The van der Waals surface area contributed by atoms with Gasteiger partial charge < -0.3 is 15.3 Å². The van der Waals surface area contributed by atoms with Crippen LogP contribution in [-0.2, 0) is 4.79 Å². The molecule has 0 fully saturated rings. The molecule has 21 heavy (non-hydrogen) atoms. The van der Waals surface area contributed by atoms with Gasteiger partial charge in [-0.1, -0.05) is 24.3 Å². The first-order chi connectivity index (χ1) is 10.0. The highest BCUT2D eigenvalue weighted by Crippen LogP contribution is 2.24. The molecule has 2 N–H and O–H groups in total. The van der Waals surface area contributed by atoms with E-state index in [4.69, 9.17) is 0 Å². The number of carboxylic acids is 1. The molecule has 1 heterocycles. The van der Waals surface area contributed by atoms with E-state index < -0.39 is 5.97 Å². The fraction of sp³-hybridized carbons (Fsp3) is 0.267. The fourth-order valence-corrected chi connectivity index (χ4v) is 1.97. The maximum absolute atomic E-state index is 11.8. The second kappa shape index (κ2) is 6.21. The summed E-state index contributed by atoms with van der Waals surface area (Å²) in [4.78, 5) is 28.7. The van der Waals surface area contributed by atoms with Gasteiger partial charge in [-0.05, 0) is 6.92 Å². The first-order valence-corrected chi connectivity index (χ1v) is 6.63. The van der Waals surface area contributed by atoms with Crippen LogP contribution in [-0.4, -0.2) is 47.0 Å². The topological polar surface area (TPSA) is 82.5 Å². The van der Waals surface area contributed by atoms with Crippen LogP contribution in [0.2, 0.25) is 0 Å². The Morgan fingerprint density at radius 2 is 1.95 bits per heavy atom. The molecule has 0 aliphatic heterocycles. The van der Waals surface area contributed by atoms with Crippen molar-refractivity contribution in [3.63, 3.8) is 0 Å². The Bertz CT molecular complexity index is 685. The number of rotatable bonds is 5. The Morgan fingerprint density at radius 1 is 1.29 bits per heavy atom. The number of benzene rings is 1. The monoisotopic (exact) mass is 287 g/mol. The van der Waals surface area contributed by atoms with Gasteiger partial charge in [-0.25, -0.2) is 9.78 Å². The van der Waals surface area contributed by atoms with E-state index >= 15 is 0 Å². The molecule has 0 bridgehead atoms. The van der Waals surface area contributed by atoms with Crippen LogP contribution in [0, 0.1) is 0 Å². The summed E-state index contributed by atoms with van der Waals surface area (Å²) in [5.41, 5.74) is 0.146. The van der Waals surface area contributed by atoms with Crippen molar-refractivity contribution in [1.29, 1.82) is 0 Å². The molecule has 1 amide bonds. The molecule has 6 nitrogen and oxygen atoms in total. The fourth-order valence-electron chi connectivity index (χ4n) is 1.97. The van der Waals surface area contributed by atoms with Gasteiger partial charge in [-0.15, -0.1) is 0 Å². The SMILES string of the molecule is CCN(C)C(=O)CNc1ncc(C(=O)O)c2ccccc12. The number of amides is 1. The Morgan fingerprint density at radius 3 is 2.57 bits per heavy atom. The molecule has 2 aromatic rings. The van der Waals surface area contributed by atoms with Crippen molar-refractivity contribution in [2.45, 2.75) is 6.92 Å². The van der Waals surface area contributed by atoms with Gasteiger partial charge >= 0.3 is 5.97 Å². The molecule has 0 unspecified atom stereocenters. The number of anilines is 1. The first kappa shape index (κ1) is 14.8. The smallest absolute Gasteiger partial charge is 0.337 e. The van der Waals surface area contributed by atoms with Gasteiger partial charge in [0.05, 0.1) is 12.1 Å². The van der Waals surface area contributed by atoms with Gasteiger partial charge in [0.15, 0.2) is 0 Å². The van der Waals surface area contributed by atoms with Crippen LogP contribution in [0.5, 0.6) is 0 Å². The predicted molar refractivity (Wildman–Crippen MR) is 80.5 cm³/mol. The lowest BCUT2D eigenvalue weighted by Crippen LogP contribution is -2.32. The molecular weight excluding hydrogens is 270 g/mol. The van der Waals surface area contributed by atoms with Crippen molar-refractivity contribution < 1.29 is 14.7 Å². The van der Waals surface area contributed by atoms with E-state index in [2.05, 4.69) is 10.3 Å². The van der Waals surface area contributed by atoms with Gasteiger partial charge in [0, 0.05) is 30.6 Å². The van der Waals surface area contributed by atoms with Crippen LogP contribution in [0.1, 0.15) is 17.3 Å². The molecule has 0 saturated heterocycles. The van der Waals surface area contributed by atoms with Crippen LogP contribution < -0.4 is 5.32 Å². The Hall–Kier alpha value is -2.63. The normalized spacial score (nSPS) is 10.4. The summed E-state index contributed by atoms with van der Waals surface area (Å²) >= 11 is 0. The van der Waals surface area contributed by atoms with E-state index in [0.29, 0.717) is 23.1 Å². The van der Waals surface area contributed by atoms with E-state index in [1.54, 1.807) is 36.2 Å². The minimum absolute atomic E-state index is 0.0503. The lowest BCUT2D eigenvalue weighted by molar-refractivity contribution is -0.127. The third-order valence-electron chi connectivity index (χ3n) is 3.33. The summed E-state index contributed by atoms with van der Waals surface area (Å²) in [5.74, 6) is -0.564. The quantitative estimate of drug-likeness (QED) is 0.876. The van der Waals surface area contributed by atoms with Gasteiger partial charge in [-0.2, -0.15) is 0 Å². The van der Waals surface area contributed by atoms with Gasteiger partial charge in [0.2, 0.25) is 5.91 Å². The molecule has 0 radical (unpaired) electrons. The zero-order valence-corrected chi connectivity index (χ0v) is 12.0. The number of carbonyl (C=O) groups excluding carboxylic acids is 1. The lowest BCUT2D eigenvalue weighted by atomic mass is 10.1. The van der Waals surface area contributed by atoms with Crippen molar-refractivity contribution in [2.24, 2.45) is 0 Å². The summed E-state index contributed by atoms with van der Waals surface area (Å²) < 4.78 is 0. The number of hydrogen-bond acceptors (Lipinski definition) is 4. The zero-order valence-electron chi connectivity index (χ0n) is 12.0. The van der Waals surface area contributed by atoms with Gasteiger partial charge in [0.25, 0.3) is 0 Å². The molecule has 0 spiro atoms. The number of carboxylic acid groups (broad SMARTS) is 1. The standard InChI is InChI=1S/C15H17N3O3/c1-3-18(2)13(19)9-17-14-11-7-5-4-6-10(11)12(8-16-14)15(20)21/h4-8H,3,9H2,1-2H3,(H,16,17)(H,20,21). The second-order valence-electron chi connectivity index (χ2n) is 4.63. The number of likely N-dealkylation sites (N-methyl/N-ethyl adjacent to an activating group) is 1. The highest BCUT2D eigenvalue weighted by molar-refractivity contribution is 6.06. The van der Waals surface area contributed by atoms with Gasteiger partial charge in [0.1, 0.15) is 5.82 Å². The molecule has 0 aliphatic carbocycles. The third kappa shape index (κ3) is 3.10. The third-order valence-corrected chi connectivity index (χ3v) is 3.33. The first-order valence-electron chi connectivity index (χ1n) is 6.63. The van der Waals surface area contributed by atoms with E-state index in [1.807, 2.05) is 6.92 Å². The Balaban J connectivity index is 2.32. The van der Waals surface area contributed by atoms with E-state index in [1.165, 1.54) is 6.20 Å². The zero-order chi connectivity index (χ0) is 15.4. The minimum Gasteiger partial charge on any atom is -0.478 e. The van der Waals surface area contributed by atoms with Crippen LogP contribution in [0.25, 0.3) is 10.8 Å². The lowest BCUT2D eigenvalue weighted by Gasteiger charge is -2.16. The molecule has 1 aromatic carbocycles. The summed E-state index contributed by atoms with van der Waals surface area (Å²) in [5, 5.41) is 13.4. The summed E-state index contributed by atoms with van der Waals surface area (Å²) in [6.45, 7) is 2.65. The van der Waals surface area contributed by atoms with Crippen molar-refractivity contribution in [3.8, 4) is 0 Å². The molecule has 110 valence electrons. The molecule has 0 atom stereocenters. The second-order valence-corrected chi connectivity index (χ2v) is 4.63. The molecular formula is C15H17N3O3. The molecule has 0 aliphatic rings. The number of pyridine rings is 1. The van der Waals surface area contributed by atoms with Crippen molar-refractivity contribution in [2.75, 3.05) is 25.5 Å². The number of fused-ring (bicyclic) bond motifs is 1. The van der Waals surface area contributed by atoms with Crippen LogP contribution in [0.15, 0.2) is 30.5 Å². The molecule has 2 rings (SSSR count). The van der Waals surface area contributed by atoms with Crippen molar-refractivity contribution in [3.05, 3.63) is 36.0 Å². The largest absolute Gasteiger partial charge is 0.478 e. The summed E-state index contributed by atoms with van der Waals surface area (Å²) in [6.07, 6.45) is 1.31. The number of carbonyl (C=O) groups is 2. The van der Waals surface area contributed by atoms with Crippen molar-refractivity contribution in [1.82, 2.24) is 9.88 Å². The predicted octanol–water partition coefficient (Wildman–Crippen LogP) is 1.82. The number of nitrogens with zero attached hydrogens (tertiary/aromatic N) is 2. The summed E-state index contributed by atoms with van der Waals surface area (Å²) in [7, 11) is 1.73. The summed E-state index contributed by atoms with van der Waals surface area (Å²) in [6, 6.07) is 7.09. The van der Waals surface area contributed by atoms with Crippen molar-refractivity contribution >= 4 is 28.5 Å². The van der Waals surface area contributed by atoms with E-state index in [0.717, 1.165) is 0 Å². The number of aromatic nitrogens is 1.